The minimum absolute atomic E-state index is 0.0239. The number of benzene rings is 3. The van der Waals surface area contributed by atoms with Crippen molar-refractivity contribution in [3.05, 3.63) is 94.8 Å². The van der Waals surface area contributed by atoms with Gasteiger partial charge in [0.25, 0.3) is 0 Å². The van der Waals surface area contributed by atoms with Gasteiger partial charge in [-0.15, -0.1) is 0 Å². The number of aromatic hydroxyl groups is 1. The van der Waals surface area contributed by atoms with E-state index in [2.05, 4.69) is 5.32 Å². The summed E-state index contributed by atoms with van der Waals surface area (Å²) in [7, 11) is 0. The highest BCUT2D eigenvalue weighted by atomic mass is 19.1. The summed E-state index contributed by atoms with van der Waals surface area (Å²) in [6.07, 6.45) is 0.684. The lowest BCUT2D eigenvalue weighted by atomic mass is 9.72. The summed E-state index contributed by atoms with van der Waals surface area (Å²) in [5.41, 5.74) is 1.61. The van der Waals surface area contributed by atoms with Gasteiger partial charge in [-0.3, -0.25) is 0 Å². The third-order valence-electron chi connectivity index (χ3n) is 6.17. The van der Waals surface area contributed by atoms with Crippen molar-refractivity contribution >= 4 is 11.7 Å². The van der Waals surface area contributed by atoms with Gasteiger partial charge < -0.3 is 20.3 Å². The van der Waals surface area contributed by atoms with Crippen molar-refractivity contribution in [2.75, 3.05) is 11.9 Å². The molecular formula is C27H28FNO4. The fourth-order valence-electron chi connectivity index (χ4n) is 4.72. The topological polar surface area (TPSA) is 78.8 Å². The van der Waals surface area contributed by atoms with Crippen LogP contribution in [0.3, 0.4) is 0 Å². The van der Waals surface area contributed by atoms with Crippen molar-refractivity contribution in [3.63, 3.8) is 0 Å². The van der Waals surface area contributed by atoms with Crippen molar-refractivity contribution in [3.8, 4) is 5.75 Å². The maximum Gasteiger partial charge on any atom is 0.338 e. The van der Waals surface area contributed by atoms with E-state index in [1.807, 2.05) is 43.3 Å². The molecule has 3 aromatic rings. The highest BCUT2D eigenvalue weighted by Crippen LogP contribution is 2.39. The summed E-state index contributed by atoms with van der Waals surface area (Å²) in [5, 5.41) is 25.3. The molecule has 33 heavy (non-hydrogen) atoms. The Morgan fingerprint density at radius 3 is 2.58 bits per heavy atom. The van der Waals surface area contributed by atoms with Gasteiger partial charge in [0.05, 0.1) is 11.2 Å². The van der Waals surface area contributed by atoms with Crippen LogP contribution in [0.15, 0.2) is 66.7 Å². The van der Waals surface area contributed by atoms with Gasteiger partial charge >= 0.3 is 5.97 Å². The second kappa shape index (κ2) is 8.87. The third-order valence-corrected chi connectivity index (χ3v) is 6.17. The Kier molecular flexibility index (Phi) is 6.13. The molecule has 6 heteroatoms. The Hall–Kier alpha value is -3.38. The molecule has 3 aromatic carbocycles. The SMILES string of the molecule is CC(O)(Cc1ccccc1)CC(C)(CNc1ccc2c(c1)COC2=O)c1cc(F)ccc1O. The van der Waals surface area contributed by atoms with Crippen LogP contribution in [0, 0.1) is 5.82 Å². The average molecular weight is 450 g/mol. The molecule has 0 aromatic heterocycles. The van der Waals surface area contributed by atoms with Gasteiger partial charge in [0, 0.05) is 35.2 Å². The molecule has 0 bridgehead atoms. The molecule has 0 saturated heterocycles. The van der Waals surface area contributed by atoms with E-state index in [0.717, 1.165) is 16.8 Å². The van der Waals surface area contributed by atoms with E-state index in [9.17, 15) is 19.4 Å². The molecule has 0 fully saturated rings. The van der Waals surface area contributed by atoms with Crippen LogP contribution in [0.25, 0.3) is 0 Å². The van der Waals surface area contributed by atoms with E-state index in [1.54, 1.807) is 19.1 Å². The van der Waals surface area contributed by atoms with Crippen molar-refractivity contribution < 1.29 is 24.1 Å². The standard InChI is InChI=1S/C27H28FNO4/c1-26(23-13-20(28)8-11-24(23)30,16-27(2,32)14-18-6-4-3-5-7-18)17-29-21-9-10-22-19(12-21)15-33-25(22)31/h3-13,29-30,32H,14-17H2,1-2H3. The first-order valence-corrected chi connectivity index (χ1v) is 10.9. The number of halogens is 1. The summed E-state index contributed by atoms with van der Waals surface area (Å²) < 4.78 is 19.2. The van der Waals surface area contributed by atoms with Crippen molar-refractivity contribution in [1.29, 1.82) is 0 Å². The molecule has 1 aliphatic heterocycles. The number of hydrogen-bond acceptors (Lipinski definition) is 5. The second-order valence-corrected chi connectivity index (χ2v) is 9.36. The van der Waals surface area contributed by atoms with E-state index in [-0.39, 0.29) is 24.7 Å². The number of carbonyl (C=O) groups is 1. The number of cyclic esters (lactones) is 1. The minimum Gasteiger partial charge on any atom is -0.508 e. The van der Waals surface area contributed by atoms with Gasteiger partial charge in [0.15, 0.2) is 0 Å². The number of ether oxygens (including phenoxy) is 1. The van der Waals surface area contributed by atoms with Crippen molar-refractivity contribution in [2.24, 2.45) is 0 Å². The molecule has 4 rings (SSSR count). The summed E-state index contributed by atoms with van der Waals surface area (Å²) in [4.78, 5) is 11.7. The highest BCUT2D eigenvalue weighted by molar-refractivity contribution is 5.93. The molecule has 5 nitrogen and oxygen atoms in total. The van der Waals surface area contributed by atoms with Crippen LogP contribution in [-0.4, -0.2) is 28.3 Å². The number of phenolic OH excluding ortho intramolecular Hbond substituents is 1. The maximum absolute atomic E-state index is 14.2. The molecule has 0 radical (unpaired) electrons. The lowest BCUT2D eigenvalue weighted by Gasteiger charge is -2.38. The Morgan fingerprint density at radius 2 is 1.82 bits per heavy atom. The third kappa shape index (κ3) is 5.17. The number of phenols is 1. The Morgan fingerprint density at radius 1 is 1.06 bits per heavy atom. The van der Waals surface area contributed by atoms with E-state index in [1.165, 1.54) is 18.2 Å². The predicted molar refractivity (Wildman–Crippen MR) is 125 cm³/mol. The quantitative estimate of drug-likeness (QED) is 0.424. The number of fused-ring (bicyclic) bond motifs is 1. The zero-order chi connectivity index (χ0) is 23.6. The van der Waals surface area contributed by atoms with Crippen LogP contribution in [0.2, 0.25) is 0 Å². The minimum atomic E-state index is -1.12. The van der Waals surface area contributed by atoms with Crippen molar-refractivity contribution in [2.45, 2.75) is 44.3 Å². The summed E-state index contributed by atoms with van der Waals surface area (Å²) in [5.74, 6) is -0.808. The Labute approximate surface area is 192 Å². The second-order valence-electron chi connectivity index (χ2n) is 9.36. The Balaban J connectivity index is 1.61. The van der Waals surface area contributed by atoms with E-state index in [0.29, 0.717) is 24.1 Å². The molecule has 0 saturated carbocycles. The van der Waals surface area contributed by atoms with Crippen LogP contribution >= 0.6 is 0 Å². The highest BCUT2D eigenvalue weighted by Gasteiger charge is 2.37. The van der Waals surface area contributed by atoms with Gasteiger partial charge in [-0.05, 0) is 55.3 Å². The molecule has 0 amide bonds. The molecular weight excluding hydrogens is 421 g/mol. The smallest absolute Gasteiger partial charge is 0.338 e. The lowest BCUT2D eigenvalue weighted by molar-refractivity contribution is 0.0302. The first-order valence-electron chi connectivity index (χ1n) is 10.9. The van der Waals surface area contributed by atoms with Crippen LogP contribution in [0.4, 0.5) is 10.1 Å². The van der Waals surface area contributed by atoms with Gasteiger partial charge in [-0.2, -0.15) is 0 Å². The van der Waals surface area contributed by atoms with Gasteiger partial charge in [-0.25, -0.2) is 9.18 Å². The predicted octanol–water partition coefficient (Wildman–Crippen LogP) is 4.96. The van der Waals surface area contributed by atoms with Crippen LogP contribution in [-0.2, 0) is 23.2 Å². The fourth-order valence-corrected chi connectivity index (χ4v) is 4.72. The number of anilines is 1. The molecule has 2 unspecified atom stereocenters. The van der Waals surface area contributed by atoms with E-state index in [4.69, 9.17) is 4.74 Å². The number of hydrogen-bond donors (Lipinski definition) is 3. The first-order chi connectivity index (χ1) is 15.7. The summed E-state index contributed by atoms with van der Waals surface area (Å²) in [6.45, 7) is 4.21. The number of esters is 1. The largest absolute Gasteiger partial charge is 0.508 e. The molecule has 1 heterocycles. The van der Waals surface area contributed by atoms with Gasteiger partial charge in [0.1, 0.15) is 18.2 Å². The zero-order valence-corrected chi connectivity index (χ0v) is 18.8. The number of rotatable bonds is 8. The van der Waals surface area contributed by atoms with Gasteiger partial charge in [-0.1, -0.05) is 37.3 Å². The Bertz CT molecular complexity index is 1160. The number of aliphatic hydroxyl groups is 1. The molecule has 3 N–H and O–H groups in total. The van der Waals surface area contributed by atoms with E-state index < -0.39 is 16.8 Å². The lowest BCUT2D eigenvalue weighted by Crippen LogP contribution is -2.41. The normalized spacial score (nSPS) is 16.4. The monoisotopic (exact) mass is 449 g/mol. The summed E-state index contributed by atoms with van der Waals surface area (Å²) in [6, 6.07) is 18.9. The van der Waals surface area contributed by atoms with Crippen LogP contribution < -0.4 is 5.32 Å². The molecule has 2 atom stereocenters. The number of carbonyl (C=O) groups excluding carboxylic acids is 1. The van der Waals surface area contributed by atoms with E-state index >= 15 is 0 Å². The number of nitrogens with one attached hydrogen (secondary N) is 1. The molecule has 172 valence electrons. The summed E-state index contributed by atoms with van der Waals surface area (Å²) >= 11 is 0. The van der Waals surface area contributed by atoms with Crippen LogP contribution in [0.5, 0.6) is 5.75 Å². The maximum atomic E-state index is 14.2. The molecule has 1 aliphatic rings. The molecule has 0 spiro atoms. The zero-order valence-electron chi connectivity index (χ0n) is 18.8. The fraction of sp³-hybridized carbons (Fsp3) is 0.296. The molecule has 0 aliphatic carbocycles. The van der Waals surface area contributed by atoms with Crippen LogP contribution in [0.1, 0.15) is 47.3 Å². The first kappa shape index (κ1) is 22.8. The van der Waals surface area contributed by atoms with Crippen molar-refractivity contribution in [1.82, 2.24) is 0 Å². The average Bonchev–Trinajstić information content (AvgIpc) is 3.14. The van der Waals surface area contributed by atoms with Gasteiger partial charge in [0.2, 0.25) is 0 Å².